The van der Waals surface area contributed by atoms with Crippen molar-refractivity contribution in [3.63, 3.8) is 0 Å². The van der Waals surface area contributed by atoms with Gasteiger partial charge in [0, 0.05) is 12.1 Å². The van der Waals surface area contributed by atoms with Gasteiger partial charge in [0.05, 0.1) is 6.54 Å². The molecule has 1 heterocycles. The highest BCUT2D eigenvalue weighted by Gasteiger charge is 2.08. The number of aryl methyl sites for hydroxylation is 1. The van der Waals surface area contributed by atoms with E-state index in [0.29, 0.717) is 0 Å². The maximum absolute atomic E-state index is 5.77. The summed E-state index contributed by atoms with van der Waals surface area (Å²) in [6.45, 7) is 6.02. The minimum atomic E-state index is 0.875. The number of nitrogens with one attached hydrogen (secondary N) is 1. The van der Waals surface area contributed by atoms with Crippen LogP contribution in [0.1, 0.15) is 23.5 Å². The van der Waals surface area contributed by atoms with E-state index in [9.17, 15) is 0 Å². The lowest BCUT2D eigenvalue weighted by atomic mass is 10.2. The fourth-order valence-electron chi connectivity index (χ4n) is 2.03. The Labute approximate surface area is 111 Å². The van der Waals surface area contributed by atoms with Crippen LogP contribution in [-0.2, 0) is 13.1 Å². The maximum Gasteiger partial charge on any atom is 0.118 e. The van der Waals surface area contributed by atoms with E-state index in [1.807, 2.05) is 14.0 Å². The molecule has 18 heavy (non-hydrogen) atoms. The summed E-state index contributed by atoms with van der Waals surface area (Å²) in [5, 5.41) is 3.16. The van der Waals surface area contributed by atoms with Gasteiger partial charge in [0.1, 0.15) is 11.5 Å². The van der Waals surface area contributed by atoms with Gasteiger partial charge in [-0.25, -0.2) is 0 Å². The first kappa shape index (κ1) is 15.2. The smallest absolute Gasteiger partial charge is 0.118 e. The molecule has 1 aromatic rings. The molecule has 0 bridgehead atoms. The van der Waals surface area contributed by atoms with Crippen molar-refractivity contribution in [2.24, 2.45) is 0 Å². The molecule has 4 nitrogen and oxygen atoms in total. The average molecular weight is 253 g/mol. The summed E-state index contributed by atoms with van der Waals surface area (Å²) in [7, 11) is 8.32. The van der Waals surface area contributed by atoms with E-state index in [2.05, 4.69) is 42.3 Å². The molecule has 0 aliphatic rings. The molecule has 0 spiro atoms. The largest absolute Gasteiger partial charge is 0.465 e. The molecule has 4 heteroatoms. The van der Waals surface area contributed by atoms with Crippen LogP contribution in [0.2, 0.25) is 0 Å². The van der Waals surface area contributed by atoms with Crippen LogP contribution in [-0.4, -0.2) is 51.1 Å². The van der Waals surface area contributed by atoms with Crippen LogP contribution in [0.3, 0.4) is 0 Å². The van der Waals surface area contributed by atoms with Gasteiger partial charge in [0.25, 0.3) is 0 Å². The monoisotopic (exact) mass is 253 g/mol. The number of nitrogens with zero attached hydrogens (tertiary/aromatic N) is 2. The van der Waals surface area contributed by atoms with E-state index < -0.39 is 0 Å². The highest BCUT2D eigenvalue weighted by atomic mass is 16.3. The SMILES string of the molecule is CNCc1cc(CN(C)CCCN(C)C)oc1C. The third-order valence-electron chi connectivity index (χ3n) is 3.01. The van der Waals surface area contributed by atoms with Crippen molar-refractivity contribution in [3.8, 4) is 0 Å². The standard InChI is InChI=1S/C14H27N3O/c1-12-13(10-15-2)9-14(18-12)11-17(5)8-6-7-16(3)4/h9,15H,6-8,10-11H2,1-5H3. The van der Waals surface area contributed by atoms with Crippen LogP contribution in [0.15, 0.2) is 10.5 Å². The Balaban J connectivity index is 2.39. The first-order valence-corrected chi connectivity index (χ1v) is 6.59. The molecule has 0 aliphatic heterocycles. The molecule has 0 fully saturated rings. The lowest BCUT2D eigenvalue weighted by Crippen LogP contribution is -2.23. The van der Waals surface area contributed by atoms with Crippen LogP contribution in [0.4, 0.5) is 0 Å². The molecule has 0 atom stereocenters. The topological polar surface area (TPSA) is 31.6 Å². The van der Waals surface area contributed by atoms with Crippen molar-refractivity contribution in [2.75, 3.05) is 41.3 Å². The van der Waals surface area contributed by atoms with Gasteiger partial charge < -0.3 is 14.6 Å². The Kier molecular flexibility index (Phi) is 6.39. The zero-order chi connectivity index (χ0) is 13.5. The molecule has 1 rings (SSSR count). The Morgan fingerprint density at radius 2 is 1.94 bits per heavy atom. The summed E-state index contributed by atoms with van der Waals surface area (Å²) in [5.74, 6) is 2.09. The minimum Gasteiger partial charge on any atom is -0.465 e. The van der Waals surface area contributed by atoms with Gasteiger partial charge in [-0.05, 0) is 60.7 Å². The lowest BCUT2D eigenvalue weighted by Gasteiger charge is -2.16. The molecule has 1 N–H and O–H groups in total. The van der Waals surface area contributed by atoms with Crippen LogP contribution in [0, 0.1) is 6.92 Å². The molecule has 0 saturated carbocycles. The second kappa shape index (κ2) is 7.56. The Morgan fingerprint density at radius 3 is 2.56 bits per heavy atom. The second-order valence-corrected chi connectivity index (χ2v) is 5.22. The predicted octanol–water partition coefficient (Wildman–Crippen LogP) is 1.69. The van der Waals surface area contributed by atoms with Crippen LogP contribution in [0.5, 0.6) is 0 Å². The first-order valence-electron chi connectivity index (χ1n) is 6.59. The minimum absolute atomic E-state index is 0.875. The van der Waals surface area contributed by atoms with E-state index in [0.717, 1.165) is 37.7 Å². The van der Waals surface area contributed by atoms with E-state index in [1.165, 1.54) is 12.0 Å². The van der Waals surface area contributed by atoms with Crippen molar-refractivity contribution in [1.82, 2.24) is 15.1 Å². The predicted molar refractivity (Wildman–Crippen MR) is 75.7 cm³/mol. The van der Waals surface area contributed by atoms with Crippen LogP contribution < -0.4 is 5.32 Å². The third kappa shape index (κ3) is 5.21. The first-order chi connectivity index (χ1) is 8.52. The zero-order valence-corrected chi connectivity index (χ0v) is 12.4. The van der Waals surface area contributed by atoms with Gasteiger partial charge in [-0.2, -0.15) is 0 Å². The number of furan rings is 1. The molecule has 0 unspecified atom stereocenters. The average Bonchev–Trinajstić information content (AvgIpc) is 2.59. The number of hydrogen-bond acceptors (Lipinski definition) is 4. The molecule has 0 saturated heterocycles. The van der Waals surface area contributed by atoms with Gasteiger partial charge in [-0.15, -0.1) is 0 Å². The van der Waals surface area contributed by atoms with Crippen molar-refractivity contribution in [2.45, 2.75) is 26.4 Å². The van der Waals surface area contributed by atoms with Gasteiger partial charge in [0.15, 0.2) is 0 Å². The van der Waals surface area contributed by atoms with Gasteiger partial charge >= 0.3 is 0 Å². The van der Waals surface area contributed by atoms with Crippen molar-refractivity contribution >= 4 is 0 Å². The Morgan fingerprint density at radius 1 is 1.22 bits per heavy atom. The Hall–Kier alpha value is -0.840. The number of hydrogen-bond donors (Lipinski definition) is 1. The summed E-state index contributed by atoms with van der Waals surface area (Å²) in [4.78, 5) is 4.53. The van der Waals surface area contributed by atoms with Crippen molar-refractivity contribution < 1.29 is 4.42 Å². The summed E-state index contributed by atoms with van der Waals surface area (Å²) in [5.41, 5.74) is 1.26. The van der Waals surface area contributed by atoms with Gasteiger partial charge in [0.2, 0.25) is 0 Å². The van der Waals surface area contributed by atoms with E-state index in [4.69, 9.17) is 4.42 Å². The fraction of sp³-hybridized carbons (Fsp3) is 0.714. The van der Waals surface area contributed by atoms with E-state index >= 15 is 0 Å². The summed E-state index contributed by atoms with van der Waals surface area (Å²) in [6.07, 6.45) is 1.19. The maximum atomic E-state index is 5.77. The number of rotatable bonds is 8. The highest BCUT2D eigenvalue weighted by Crippen LogP contribution is 2.15. The van der Waals surface area contributed by atoms with Gasteiger partial charge in [-0.1, -0.05) is 0 Å². The van der Waals surface area contributed by atoms with Crippen molar-refractivity contribution in [3.05, 3.63) is 23.2 Å². The van der Waals surface area contributed by atoms with E-state index in [-0.39, 0.29) is 0 Å². The normalized spacial score (nSPS) is 11.7. The zero-order valence-electron chi connectivity index (χ0n) is 12.4. The van der Waals surface area contributed by atoms with Crippen LogP contribution in [0.25, 0.3) is 0 Å². The third-order valence-corrected chi connectivity index (χ3v) is 3.01. The molecule has 1 aromatic heterocycles. The van der Waals surface area contributed by atoms with Crippen LogP contribution >= 0.6 is 0 Å². The summed E-state index contributed by atoms with van der Waals surface area (Å²) >= 11 is 0. The van der Waals surface area contributed by atoms with Crippen molar-refractivity contribution in [1.29, 1.82) is 0 Å². The molecule has 0 amide bonds. The summed E-state index contributed by atoms with van der Waals surface area (Å²) < 4.78 is 5.77. The quantitative estimate of drug-likeness (QED) is 0.764. The lowest BCUT2D eigenvalue weighted by molar-refractivity contribution is 0.271. The van der Waals surface area contributed by atoms with E-state index in [1.54, 1.807) is 0 Å². The highest BCUT2D eigenvalue weighted by molar-refractivity contribution is 5.20. The molecule has 0 radical (unpaired) electrons. The molecule has 104 valence electrons. The second-order valence-electron chi connectivity index (χ2n) is 5.22. The van der Waals surface area contributed by atoms with Gasteiger partial charge in [-0.3, -0.25) is 4.90 Å². The fourth-order valence-corrected chi connectivity index (χ4v) is 2.03. The molecular weight excluding hydrogens is 226 g/mol. The summed E-state index contributed by atoms with van der Waals surface area (Å²) in [6, 6.07) is 2.16. The molecule has 0 aromatic carbocycles. The molecular formula is C14H27N3O. The Bertz CT molecular complexity index is 347. The molecule has 0 aliphatic carbocycles.